The number of hydrazone groups is 1. The smallest absolute Gasteiger partial charge is 0.272 e. The highest BCUT2D eigenvalue weighted by Crippen LogP contribution is 2.18. The molecule has 1 amide bonds. The van der Waals surface area contributed by atoms with E-state index >= 15 is 0 Å². The maximum Gasteiger partial charge on any atom is 0.289 e. The summed E-state index contributed by atoms with van der Waals surface area (Å²) in [7, 11) is 0. The van der Waals surface area contributed by atoms with Gasteiger partial charge in [-0.2, -0.15) is 10.2 Å². The van der Waals surface area contributed by atoms with Crippen molar-refractivity contribution in [1.82, 2.24) is 15.6 Å². The lowest BCUT2D eigenvalue weighted by Crippen LogP contribution is -2.18. The normalized spacial score (nSPS) is 11.2. The second-order valence-electron chi connectivity index (χ2n) is 6.19. The van der Waals surface area contributed by atoms with Crippen LogP contribution in [0.4, 0.5) is 4.39 Å². The van der Waals surface area contributed by atoms with Gasteiger partial charge in [0.2, 0.25) is 0 Å². The summed E-state index contributed by atoms with van der Waals surface area (Å²) in [6.07, 6.45) is 1.58. The highest BCUT2D eigenvalue weighted by molar-refractivity contribution is 5.94. The Hall–Kier alpha value is -3.28. The van der Waals surface area contributed by atoms with Gasteiger partial charge in [-0.05, 0) is 47.4 Å². The molecule has 0 aliphatic rings. The van der Waals surface area contributed by atoms with Gasteiger partial charge >= 0.3 is 0 Å². The minimum absolute atomic E-state index is 0.275. The summed E-state index contributed by atoms with van der Waals surface area (Å²) < 4.78 is 13.0. The molecule has 0 unspecified atom stereocenters. The highest BCUT2D eigenvalue weighted by atomic mass is 19.1. The molecule has 0 spiro atoms. The monoisotopic (exact) mass is 350 g/mol. The molecule has 0 aliphatic heterocycles. The van der Waals surface area contributed by atoms with Crippen LogP contribution in [0.5, 0.6) is 0 Å². The molecule has 3 aromatic rings. The molecule has 0 fully saturated rings. The SMILES string of the molecule is CC(C)c1ccc(/C=N\NC(=O)c2cc(-c3ccc(F)cc3)n[nH]2)cc1. The second-order valence-corrected chi connectivity index (χ2v) is 6.19. The van der Waals surface area contributed by atoms with E-state index < -0.39 is 5.91 Å². The fraction of sp³-hybridized carbons (Fsp3) is 0.150. The number of nitrogens with one attached hydrogen (secondary N) is 2. The maximum atomic E-state index is 13.0. The summed E-state index contributed by atoms with van der Waals surface area (Å²) >= 11 is 0. The summed E-state index contributed by atoms with van der Waals surface area (Å²) in [5, 5.41) is 10.7. The molecule has 0 aliphatic carbocycles. The van der Waals surface area contributed by atoms with Crippen LogP contribution in [0.25, 0.3) is 11.3 Å². The number of H-pyrrole nitrogens is 1. The van der Waals surface area contributed by atoms with Crippen molar-refractivity contribution in [2.24, 2.45) is 5.10 Å². The van der Waals surface area contributed by atoms with Crippen LogP contribution < -0.4 is 5.43 Å². The second kappa shape index (κ2) is 7.74. The van der Waals surface area contributed by atoms with Crippen molar-refractivity contribution < 1.29 is 9.18 Å². The van der Waals surface area contributed by atoms with E-state index in [-0.39, 0.29) is 11.5 Å². The molecule has 1 aromatic heterocycles. The number of benzene rings is 2. The van der Waals surface area contributed by atoms with E-state index in [1.807, 2.05) is 24.3 Å². The molecule has 0 saturated carbocycles. The lowest BCUT2D eigenvalue weighted by molar-refractivity contribution is 0.0950. The molecule has 0 saturated heterocycles. The van der Waals surface area contributed by atoms with E-state index in [1.54, 1.807) is 24.4 Å². The van der Waals surface area contributed by atoms with Crippen LogP contribution in [-0.2, 0) is 0 Å². The average Bonchev–Trinajstić information content (AvgIpc) is 3.13. The fourth-order valence-electron chi connectivity index (χ4n) is 2.40. The zero-order valence-electron chi connectivity index (χ0n) is 14.5. The number of carbonyl (C=O) groups excluding carboxylic acids is 1. The predicted octanol–water partition coefficient (Wildman–Crippen LogP) is 4.10. The van der Waals surface area contributed by atoms with E-state index in [9.17, 15) is 9.18 Å². The summed E-state index contributed by atoms with van der Waals surface area (Å²) in [4.78, 5) is 12.1. The Morgan fingerprint density at radius 3 is 2.50 bits per heavy atom. The summed E-state index contributed by atoms with van der Waals surface area (Å²) in [5.41, 5.74) is 6.15. The maximum absolute atomic E-state index is 13.0. The molecule has 0 radical (unpaired) electrons. The minimum Gasteiger partial charge on any atom is -0.272 e. The Kier molecular flexibility index (Phi) is 5.22. The fourth-order valence-corrected chi connectivity index (χ4v) is 2.40. The zero-order chi connectivity index (χ0) is 18.5. The summed E-state index contributed by atoms with van der Waals surface area (Å²) in [5.74, 6) is -0.254. The number of hydrogen-bond acceptors (Lipinski definition) is 3. The van der Waals surface area contributed by atoms with E-state index in [1.165, 1.54) is 17.7 Å². The van der Waals surface area contributed by atoms with Crippen molar-refractivity contribution in [3.05, 3.63) is 77.2 Å². The lowest BCUT2D eigenvalue weighted by Gasteiger charge is -2.04. The van der Waals surface area contributed by atoms with Gasteiger partial charge < -0.3 is 0 Å². The number of carbonyl (C=O) groups is 1. The summed E-state index contributed by atoms with van der Waals surface area (Å²) in [6, 6.07) is 15.5. The van der Waals surface area contributed by atoms with Crippen molar-refractivity contribution in [2.75, 3.05) is 0 Å². The van der Waals surface area contributed by atoms with Crippen molar-refractivity contribution in [3.8, 4) is 11.3 Å². The first-order valence-corrected chi connectivity index (χ1v) is 8.27. The molecule has 26 heavy (non-hydrogen) atoms. The largest absolute Gasteiger partial charge is 0.289 e. The Bertz CT molecular complexity index is 912. The van der Waals surface area contributed by atoms with Gasteiger partial charge in [0.25, 0.3) is 5.91 Å². The van der Waals surface area contributed by atoms with Gasteiger partial charge in [-0.3, -0.25) is 9.89 Å². The van der Waals surface area contributed by atoms with Crippen LogP contribution in [0.2, 0.25) is 0 Å². The van der Waals surface area contributed by atoms with Gasteiger partial charge in [0, 0.05) is 5.56 Å². The number of amides is 1. The average molecular weight is 350 g/mol. The van der Waals surface area contributed by atoms with Gasteiger partial charge in [-0.25, -0.2) is 9.82 Å². The Labute approximate surface area is 151 Å². The van der Waals surface area contributed by atoms with Gasteiger partial charge in [-0.1, -0.05) is 38.1 Å². The first-order chi connectivity index (χ1) is 12.5. The molecule has 0 atom stereocenters. The number of nitrogens with zero attached hydrogens (tertiary/aromatic N) is 2. The first-order valence-electron chi connectivity index (χ1n) is 8.27. The Morgan fingerprint density at radius 2 is 1.85 bits per heavy atom. The lowest BCUT2D eigenvalue weighted by atomic mass is 10.0. The van der Waals surface area contributed by atoms with E-state index in [4.69, 9.17) is 0 Å². The highest BCUT2D eigenvalue weighted by Gasteiger charge is 2.10. The standard InChI is InChI=1S/C20H19FN4O/c1-13(2)15-5-3-14(4-6-15)12-22-25-20(26)19-11-18(23-24-19)16-7-9-17(21)10-8-16/h3-13H,1-2H3,(H,23,24)(H,25,26)/b22-12-. The molecular formula is C20H19FN4O. The van der Waals surface area contributed by atoms with Crippen LogP contribution in [0, 0.1) is 5.82 Å². The van der Waals surface area contributed by atoms with Crippen LogP contribution in [0.1, 0.15) is 41.4 Å². The molecule has 6 heteroatoms. The molecule has 3 rings (SSSR count). The van der Waals surface area contributed by atoms with Gasteiger partial charge in [-0.15, -0.1) is 0 Å². The van der Waals surface area contributed by atoms with Crippen molar-refractivity contribution in [1.29, 1.82) is 0 Å². The van der Waals surface area contributed by atoms with Crippen LogP contribution in [0.3, 0.4) is 0 Å². The van der Waals surface area contributed by atoms with E-state index in [0.717, 1.165) is 11.1 Å². The molecule has 0 bridgehead atoms. The van der Waals surface area contributed by atoms with Gasteiger partial charge in [0.1, 0.15) is 11.5 Å². The minimum atomic E-state index is -0.402. The van der Waals surface area contributed by atoms with Crippen molar-refractivity contribution >= 4 is 12.1 Å². The Balaban J connectivity index is 1.62. The predicted molar refractivity (Wildman–Crippen MR) is 99.6 cm³/mol. The molecule has 2 aromatic carbocycles. The topological polar surface area (TPSA) is 70.1 Å². The van der Waals surface area contributed by atoms with Crippen LogP contribution >= 0.6 is 0 Å². The molecule has 132 valence electrons. The third kappa shape index (κ3) is 4.22. The van der Waals surface area contributed by atoms with E-state index in [0.29, 0.717) is 11.6 Å². The van der Waals surface area contributed by atoms with E-state index in [2.05, 4.69) is 34.6 Å². The van der Waals surface area contributed by atoms with Crippen molar-refractivity contribution in [3.63, 3.8) is 0 Å². The number of aromatic nitrogens is 2. The number of rotatable bonds is 5. The molecule has 1 heterocycles. The number of hydrogen-bond donors (Lipinski definition) is 2. The zero-order valence-corrected chi connectivity index (χ0v) is 14.5. The van der Waals surface area contributed by atoms with Crippen LogP contribution in [-0.4, -0.2) is 22.3 Å². The molecule has 5 nitrogen and oxygen atoms in total. The summed E-state index contributed by atoms with van der Waals surface area (Å²) in [6.45, 7) is 4.27. The molecular weight excluding hydrogens is 331 g/mol. The number of aromatic amines is 1. The third-order valence-corrected chi connectivity index (χ3v) is 3.95. The van der Waals surface area contributed by atoms with Gasteiger partial charge in [0.15, 0.2) is 0 Å². The Morgan fingerprint density at radius 1 is 1.15 bits per heavy atom. The van der Waals surface area contributed by atoms with Crippen LogP contribution in [0.15, 0.2) is 59.7 Å². The molecule has 2 N–H and O–H groups in total. The quantitative estimate of drug-likeness (QED) is 0.537. The number of halogens is 1. The van der Waals surface area contributed by atoms with Crippen molar-refractivity contribution in [2.45, 2.75) is 19.8 Å². The van der Waals surface area contributed by atoms with Gasteiger partial charge in [0.05, 0.1) is 11.9 Å². The first kappa shape index (κ1) is 17.5. The third-order valence-electron chi connectivity index (χ3n) is 3.95.